The lowest BCUT2D eigenvalue weighted by Gasteiger charge is -2.13. The first-order valence-corrected chi connectivity index (χ1v) is 5.86. The van der Waals surface area contributed by atoms with Gasteiger partial charge in [0.2, 0.25) is 0 Å². The van der Waals surface area contributed by atoms with E-state index >= 15 is 0 Å². The van der Waals surface area contributed by atoms with Gasteiger partial charge in [-0.1, -0.05) is 29.8 Å². The van der Waals surface area contributed by atoms with Gasteiger partial charge in [0.1, 0.15) is 5.82 Å². The van der Waals surface area contributed by atoms with Gasteiger partial charge in [0, 0.05) is 30.9 Å². The molecule has 1 atom stereocenters. The lowest BCUT2D eigenvalue weighted by molar-refractivity contribution is 0.175. The lowest BCUT2D eigenvalue weighted by Crippen LogP contribution is -2.07. The number of aryl methyl sites for hydroxylation is 2. The zero-order valence-corrected chi connectivity index (χ0v) is 10.6. The summed E-state index contributed by atoms with van der Waals surface area (Å²) in [5.41, 5.74) is 1.73. The summed E-state index contributed by atoms with van der Waals surface area (Å²) in [6.45, 7) is 1.93. The fourth-order valence-electron chi connectivity index (χ4n) is 1.80. The number of aromatic nitrogens is 2. The Morgan fingerprint density at radius 1 is 1.47 bits per heavy atom. The van der Waals surface area contributed by atoms with Crippen LogP contribution in [0.4, 0.5) is 0 Å². The highest BCUT2D eigenvalue weighted by atomic mass is 35.5. The van der Waals surface area contributed by atoms with E-state index in [1.165, 1.54) is 0 Å². The van der Waals surface area contributed by atoms with E-state index in [-0.39, 0.29) is 0 Å². The Labute approximate surface area is 106 Å². The molecule has 0 radical (unpaired) electrons. The molecule has 0 spiro atoms. The van der Waals surface area contributed by atoms with Crippen molar-refractivity contribution < 1.29 is 5.11 Å². The Morgan fingerprint density at radius 2 is 2.24 bits per heavy atom. The van der Waals surface area contributed by atoms with Gasteiger partial charge in [-0.2, -0.15) is 0 Å². The van der Waals surface area contributed by atoms with Crippen molar-refractivity contribution in [1.82, 2.24) is 9.55 Å². The maximum atomic E-state index is 10.2. The lowest BCUT2D eigenvalue weighted by atomic mass is 10.0. The largest absolute Gasteiger partial charge is 0.388 e. The third-order valence-corrected chi connectivity index (χ3v) is 3.39. The van der Waals surface area contributed by atoms with E-state index in [9.17, 15) is 5.11 Å². The average Bonchev–Trinajstić information content (AvgIpc) is 2.68. The molecule has 0 bridgehead atoms. The second-order valence-corrected chi connectivity index (χ2v) is 4.53. The van der Waals surface area contributed by atoms with Crippen molar-refractivity contribution in [2.75, 3.05) is 0 Å². The molecule has 0 saturated carbocycles. The molecule has 2 rings (SSSR count). The molecule has 3 nitrogen and oxygen atoms in total. The van der Waals surface area contributed by atoms with Crippen molar-refractivity contribution in [1.29, 1.82) is 0 Å². The Bertz CT molecular complexity index is 522. The minimum atomic E-state index is -0.622. The molecule has 0 aliphatic carbocycles. The third-order valence-electron chi connectivity index (χ3n) is 2.88. The molecular formula is C13H15ClN2O. The molecule has 0 aliphatic heterocycles. The number of halogens is 1. The predicted molar refractivity (Wildman–Crippen MR) is 68.1 cm³/mol. The number of aliphatic hydroxyl groups is 1. The SMILES string of the molecule is Cc1cccc(C(O)Cc2nccn2C)c1Cl. The van der Waals surface area contributed by atoms with Crippen molar-refractivity contribution in [3.8, 4) is 0 Å². The second kappa shape index (κ2) is 4.90. The van der Waals surface area contributed by atoms with Crippen LogP contribution in [0, 0.1) is 6.92 Å². The standard InChI is InChI=1S/C13H15ClN2O/c1-9-4-3-5-10(13(9)14)11(17)8-12-15-6-7-16(12)2/h3-7,11,17H,8H2,1-2H3. The monoisotopic (exact) mass is 250 g/mol. The third kappa shape index (κ3) is 2.51. The first-order valence-electron chi connectivity index (χ1n) is 5.49. The van der Waals surface area contributed by atoms with E-state index < -0.39 is 6.10 Å². The van der Waals surface area contributed by atoms with Crippen molar-refractivity contribution in [3.63, 3.8) is 0 Å². The summed E-state index contributed by atoms with van der Waals surface area (Å²) in [5, 5.41) is 10.8. The summed E-state index contributed by atoms with van der Waals surface area (Å²) in [6.07, 6.45) is 3.43. The van der Waals surface area contributed by atoms with Crippen molar-refractivity contribution in [2.45, 2.75) is 19.4 Å². The Morgan fingerprint density at radius 3 is 2.88 bits per heavy atom. The molecule has 0 amide bonds. The molecule has 0 aliphatic rings. The van der Waals surface area contributed by atoms with Crippen LogP contribution >= 0.6 is 11.6 Å². The number of rotatable bonds is 3. The van der Waals surface area contributed by atoms with Crippen molar-refractivity contribution in [2.24, 2.45) is 7.05 Å². The van der Waals surface area contributed by atoms with Crippen LogP contribution in [0.1, 0.15) is 23.1 Å². The number of hydrogen-bond acceptors (Lipinski definition) is 2. The summed E-state index contributed by atoms with van der Waals surface area (Å²) < 4.78 is 1.90. The van der Waals surface area contributed by atoms with Gasteiger partial charge in [0.05, 0.1) is 6.10 Å². The van der Waals surface area contributed by atoms with Gasteiger partial charge in [-0.15, -0.1) is 0 Å². The van der Waals surface area contributed by atoms with Crippen LogP contribution in [0.15, 0.2) is 30.6 Å². The smallest absolute Gasteiger partial charge is 0.111 e. The van der Waals surface area contributed by atoms with E-state index in [1.54, 1.807) is 6.20 Å². The van der Waals surface area contributed by atoms with Crippen LogP contribution in [0.25, 0.3) is 0 Å². The molecule has 4 heteroatoms. The summed E-state index contributed by atoms with van der Waals surface area (Å²) >= 11 is 6.18. The van der Waals surface area contributed by atoms with E-state index in [2.05, 4.69) is 4.98 Å². The molecule has 1 unspecified atom stereocenters. The predicted octanol–water partition coefficient (Wildman–Crippen LogP) is 2.66. The van der Waals surface area contributed by atoms with Gasteiger partial charge in [-0.3, -0.25) is 0 Å². The van der Waals surface area contributed by atoms with Crippen LogP contribution < -0.4 is 0 Å². The zero-order valence-electron chi connectivity index (χ0n) is 9.89. The molecular weight excluding hydrogens is 236 g/mol. The normalized spacial score (nSPS) is 12.7. The maximum Gasteiger partial charge on any atom is 0.111 e. The number of nitrogens with zero attached hydrogens (tertiary/aromatic N) is 2. The van der Waals surface area contributed by atoms with Crippen LogP contribution in [-0.2, 0) is 13.5 Å². The molecule has 0 saturated heterocycles. The molecule has 90 valence electrons. The van der Waals surface area contributed by atoms with Gasteiger partial charge in [-0.25, -0.2) is 4.98 Å². The number of imidazole rings is 1. The highest BCUT2D eigenvalue weighted by molar-refractivity contribution is 6.32. The number of aliphatic hydroxyl groups excluding tert-OH is 1. The first kappa shape index (κ1) is 12.1. The quantitative estimate of drug-likeness (QED) is 0.910. The maximum absolute atomic E-state index is 10.2. The van der Waals surface area contributed by atoms with Crippen molar-refractivity contribution in [3.05, 3.63) is 52.6 Å². The van der Waals surface area contributed by atoms with Gasteiger partial charge in [-0.05, 0) is 18.1 Å². The highest BCUT2D eigenvalue weighted by Crippen LogP contribution is 2.27. The summed E-state index contributed by atoms with van der Waals surface area (Å²) in [4.78, 5) is 4.19. The number of benzene rings is 1. The Kier molecular flexibility index (Phi) is 3.50. The van der Waals surface area contributed by atoms with Crippen molar-refractivity contribution >= 4 is 11.6 Å². The van der Waals surface area contributed by atoms with E-state index in [0.717, 1.165) is 17.0 Å². The van der Waals surface area contributed by atoms with E-state index in [0.29, 0.717) is 11.4 Å². The molecule has 2 aromatic rings. The van der Waals surface area contributed by atoms with Crippen LogP contribution in [0.3, 0.4) is 0 Å². The summed E-state index contributed by atoms with van der Waals surface area (Å²) in [6, 6.07) is 5.68. The fourth-order valence-corrected chi connectivity index (χ4v) is 2.06. The van der Waals surface area contributed by atoms with Gasteiger partial charge >= 0.3 is 0 Å². The fraction of sp³-hybridized carbons (Fsp3) is 0.308. The second-order valence-electron chi connectivity index (χ2n) is 4.15. The van der Waals surface area contributed by atoms with Gasteiger partial charge in [0.15, 0.2) is 0 Å². The number of hydrogen-bond donors (Lipinski definition) is 1. The van der Waals surface area contributed by atoms with Gasteiger partial charge < -0.3 is 9.67 Å². The molecule has 17 heavy (non-hydrogen) atoms. The Balaban J connectivity index is 2.23. The minimum absolute atomic E-state index is 0.465. The van der Waals surface area contributed by atoms with E-state index in [4.69, 9.17) is 11.6 Å². The van der Waals surface area contributed by atoms with E-state index in [1.807, 2.05) is 42.9 Å². The molecule has 1 aromatic carbocycles. The Hall–Kier alpha value is -1.32. The highest BCUT2D eigenvalue weighted by Gasteiger charge is 2.15. The average molecular weight is 251 g/mol. The zero-order chi connectivity index (χ0) is 12.4. The van der Waals surface area contributed by atoms with Gasteiger partial charge in [0.25, 0.3) is 0 Å². The molecule has 1 heterocycles. The molecule has 1 aromatic heterocycles. The minimum Gasteiger partial charge on any atom is -0.388 e. The molecule has 0 fully saturated rings. The summed E-state index contributed by atoms with van der Waals surface area (Å²) in [5.74, 6) is 0.843. The topological polar surface area (TPSA) is 38.1 Å². The summed E-state index contributed by atoms with van der Waals surface area (Å²) in [7, 11) is 1.91. The van der Waals surface area contributed by atoms with Crippen LogP contribution in [0.2, 0.25) is 5.02 Å². The van der Waals surface area contributed by atoms with Crippen LogP contribution in [-0.4, -0.2) is 14.7 Å². The first-order chi connectivity index (χ1) is 8.09. The molecule has 1 N–H and O–H groups in total. The van der Waals surface area contributed by atoms with Crippen LogP contribution in [0.5, 0.6) is 0 Å².